The molecule has 1 aromatic rings. The van der Waals surface area contributed by atoms with E-state index in [-0.39, 0.29) is 11.5 Å². The highest BCUT2D eigenvalue weighted by Crippen LogP contribution is 2.70. The van der Waals surface area contributed by atoms with Crippen molar-refractivity contribution < 1.29 is 9.84 Å². The number of nitrogens with one attached hydrogen (secondary N) is 1. The first-order valence-corrected chi connectivity index (χ1v) is 10.7. The van der Waals surface area contributed by atoms with Crippen LogP contribution in [0.25, 0.3) is 0 Å². The molecule has 2 spiro atoms. The Labute approximate surface area is 154 Å². The van der Waals surface area contributed by atoms with E-state index in [0.29, 0.717) is 23.2 Å². The minimum atomic E-state index is 0.131. The summed E-state index contributed by atoms with van der Waals surface area (Å²) in [5, 5.41) is 14.4. The summed E-state index contributed by atoms with van der Waals surface area (Å²) in [6, 6.07) is 5.18. The van der Waals surface area contributed by atoms with Gasteiger partial charge in [0.15, 0.2) is 11.5 Å². The van der Waals surface area contributed by atoms with Crippen molar-refractivity contribution in [3.8, 4) is 11.5 Å². The van der Waals surface area contributed by atoms with E-state index in [0.717, 1.165) is 24.6 Å². The molecule has 4 bridgehead atoms. The number of likely N-dealkylation sites (tertiary alicyclic amines) is 1. The van der Waals surface area contributed by atoms with Crippen molar-refractivity contribution in [3.05, 3.63) is 23.3 Å². The van der Waals surface area contributed by atoms with Crippen LogP contribution in [0.2, 0.25) is 0 Å². The van der Waals surface area contributed by atoms with Gasteiger partial charge in [0.1, 0.15) is 6.10 Å². The Morgan fingerprint density at radius 3 is 3.00 bits per heavy atom. The molecule has 0 amide bonds. The van der Waals surface area contributed by atoms with Gasteiger partial charge in [-0.2, -0.15) is 0 Å². The van der Waals surface area contributed by atoms with Crippen molar-refractivity contribution in [3.63, 3.8) is 0 Å². The Hall–Kier alpha value is -1.26. The van der Waals surface area contributed by atoms with Gasteiger partial charge >= 0.3 is 0 Å². The second-order valence-electron chi connectivity index (χ2n) is 9.87. The number of fused-ring (bicyclic) bond motifs is 3. The van der Waals surface area contributed by atoms with Crippen LogP contribution in [-0.4, -0.2) is 47.8 Å². The van der Waals surface area contributed by atoms with Crippen LogP contribution >= 0.6 is 0 Å². The van der Waals surface area contributed by atoms with E-state index in [2.05, 4.69) is 16.3 Å². The summed E-state index contributed by atoms with van der Waals surface area (Å²) in [5.74, 6) is 2.15. The molecule has 7 aliphatic rings. The molecule has 5 fully saturated rings. The molecule has 0 unspecified atom stereocenters. The van der Waals surface area contributed by atoms with Gasteiger partial charge < -0.3 is 15.2 Å². The maximum Gasteiger partial charge on any atom is 0.165 e. The van der Waals surface area contributed by atoms with Crippen LogP contribution < -0.4 is 10.1 Å². The first kappa shape index (κ1) is 14.8. The predicted molar refractivity (Wildman–Crippen MR) is 98.7 cm³/mol. The van der Waals surface area contributed by atoms with Crippen LogP contribution in [0.1, 0.15) is 49.7 Å². The number of hydrogen-bond acceptors (Lipinski definition) is 4. The molecule has 4 heteroatoms. The van der Waals surface area contributed by atoms with E-state index in [1.54, 1.807) is 0 Å². The molecule has 2 saturated carbocycles. The topological polar surface area (TPSA) is 44.7 Å². The average molecular weight is 352 g/mol. The van der Waals surface area contributed by atoms with E-state index in [9.17, 15) is 5.11 Å². The van der Waals surface area contributed by atoms with Crippen LogP contribution in [-0.2, 0) is 11.8 Å². The predicted octanol–water partition coefficient (Wildman–Crippen LogP) is 2.57. The van der Waals surface area contributed by atoms with Gasteiger partial charge in [-0.1, -0.05) is 6.07 Å². The van der Waals surface area contributed by atoms with Gasteiger partial charge in [0.2, 0.25) is 0 Å². The molecular weight excluding hydrogens is 324 g/mol. The second kappa shape index (κ2) is 4.59. The quantitative estimate of drug-likeness (QED) is 0.859. The molecule has 138 valence electrons. The zero-order valence-corrected chi connectivity index (χ0v) is 15.3. The number of ether oxygens (including phenoxy) is 1. The number of hydrogen-bond donors (Lipinski definition) is 2. The number of benzene rings is 1. The Morgan fingerprint density at radius 1 is 1.19 bits per heavy atom. The van der Waals surface area contributed by atoms with Crippen LogP contribution in [0.4, 0.5) is 0 Å². The van der Waals surface area contributed by atoms with Crippen molar-refractivity contribution in [2.45, 2.75) is 68.5 Å². The Kier molecular flexibility index (Phi) is 2.60. The Balaban J connectivity index is 1.49. The smallest absolute Gasteiger partial charge is 0.165 e. The summed E-state index contributed by atoms with van der Waals surface area (Å²) in [7, 11) is 0. The molecule has 8 rings (SSSR count). The summed E-state index contributed by atoms with van der Waals surface area (Å²) in [5.41, 5.74) is 3.34. The molecule has 4 heterocycles. The third-order valence-electron chi connectivity index (χ3n) is 9.01. The standard InChI is InChI=1S/C22H28N2O2/c25-16-4-3-14-11-17-21-6-5-15(23-9-7-21)20-22(21,18(14)19(16)26-20)8-10-24(17)12-13-1-2-13/h3-4,13,15,17,20,23,25H,1-2,5-12H2/t15-,17-,20+,21-,22+/m1/s1. The fourth-order valence-corrected chi connectivity index (χ4v) is 7.90. The summed E-state index contributed by atoms with van der Waals surface area (Å²) >= 11 is 0. The van der Waals surface area contributed by atoms with E-state index in [1.165, 1.54) is 62.7 Å². The number of nitrogens with zero attached hydrogens (tertiary/aromatic N) is 1. The molecule has 3 saturated heterocycles. The van der Waals surface area contributed by atoms with E-state index < -0.39 is 0 Å². The molecule has 26 heavy (non-hydrogen) atoms. The van der Waals surface area contributed by atoms with Crippen molar-refractivity contribution in [1.29, 1.82) is 0 Å². The highest BCUT2D eigenvalue weighted by molar-refractivity contribution is 5.62. The fraction of sp³-hybridized carbons (Fsp3) is 0.727. The first-order chi connectivity index (χ1) is 12.7. The van der Waals surface area contributed by atoms with Gasteiger partial charge in [-0.25, -0.2) is 0 Å². The highest BCUT2D eigenvalue weighted by atomic mass is 16.5. The third kappa shape index (κ3) is 1.50. The lowest BCUT2D eigenvalue weighted by Gasteiger charge is -2.66. The average Bonchev–Trinajstić information content (AvgIpc) is 3.43. The normalized spacial score (nSPS) is 45.2. The number of piperidine rings is 1. The summed E-state index contributed by atoms with van der Waals surface area (Å²) < 4.78 is 6.62. The van der Waals surface area contributed by atoms with Gasteiger partial charge in [0.05, 0.1) is 0 Å². The zero-order chi connectivity index (χ0) is 17.1. The minimum absolute atomic E-state index is 0.131. The maximum atomic E-state index is 10.6. The van der Waals surface area contributed by atoms with Crippen molar-refractivity contribution >= 4 is 0 Å². The number of phenols is 1. The van der Waals surface area contributed by atoms with Crippen LogP contribution in [0, 0.1) is 11.3 Å². The summed E-state index contributed by atoms with van der Waals surface area (Å²) in [6.45, 7) is 3.65. The monoisotopic (exact) mass is 352 g/mol. The van der Waals surface area contributed by atoms with Gasteiger partial charge in [-0.15, -0.1) is 0 Å². The summed E-state index contributed by atoms with van der Waals surface area (Å²) in [6.07, 6.45) is 9.27. The molecule has 2 N–H and O–H groups in total. The van der Waals surface area contributed by atoms with Crippen molar-refractivity contribution in [1.82, 2.24) is 10.2 Å². The van der Waals surface area contributed by atoms with Crippen molar-refractivity contribution in [2.75, 3.05) is 19.6 Å². The molecule has 5 atom stereocenters. The van der Waals surface area contributed by atoms with Crippen LogP contribution in [0.15, 0.2) is 12.1 Å². The lowest BCUT2D eigenvalue weighted by Crippen LogP contribution is -2.72. The van der Waals surface area contributed by atoms with Gasteiger partial charge in [0.25, 0.3) is 0 Å². The molecule has 0 radical (unpaired) electrons. The Bertz CT molecular complexity index is 802. The molecule has 4 aliphatic heterocycles. The molecular formula is C22H28N2O2. The molecule has 0 aromatic heterocycles. The van der Waals surface area contributed by atoms with E-state index in [1.807, 2.05) is 6.07 Å². The van der Waals surface area contributed by atoms with Crippen LogP contribution in [0.5, 0.6) is 11.5 Å². The lowest BCUT2D eigenvalue weighted by atomic mass is 9.42. The lowest BCUT2D eigenvalue weighted by molar-refractivity contribution is -0.125. The minimum Gasteiger partial charge on any atom is -0.504 e. The Morgan fingerprint density at radius 2 is 2.12 bits per heavy atom. The van der Waals surface area contributed by atoms with Gasteiger partial charge in [-0.05, 0) is 75.6 Å². The SMILES string of the molecule is Oc1ccc2c3c1O[C@H]1[C@H]4CC[C@@]5(CCN4)[C@@H](C2)N(CC2CC2)CC[C@]315. The van der Waals surface area contributed by atoms with E-state index in [4.69, 9.17) is 4.74 Å². The number of phenolic OH excluding ortho intramolecular Hbond substituents is 1. The van der Waals surface area contributed by atoms with Crippen LogP contribution in [0.3, 0.4) is 0 Å². The van der Waals surface area contributed by atoms with Crippen molar-refractivity contribution in [2.24, 2.45) is 11.3 Å². The fourth-order valence-electron chi connectivity index (χ4n) is 7.90. The summed E-state index contributed by atoms with van der Waals surface area (Å²) in [4.78, 5) is 2.87. The van der Waals surface area contributed by atoms with E-state index >= 15 is 0 Å². The second-order valence-corrected chi connectivity index (χ2v) is 9.87. The van der Waals surface area contributed by atoms with Gasteiger partial charge in [0, 0.05) is 35.0 Å². The first-order valence-electron chi connectivity index (χ1n) is 10.7. The number of aromatic hydroxyl groups is 1. The third-order valence-corrected chi connectivity index (χ3v) is 9.01. The maximum absolute atomic E-state index is 10.6. The zero-order valence-electron chi connectivity index (χ0n) is 15.3. The number of rotatable bonds is 2. The highest BCUT2D eigenvalue weighted by Gasteiger charge is 2.73. The molecule has 3 aliphatic carbocycles. The largest absolute Gasteiger partial charge is 0.504 e. The molecule has 4 nitrogen and oxygen atoms in total. The van der Waals surface area contributed by atoms with Gasteiger partial charge in [-0.3, -0.25) is 4.90 Å². The molecule has 1 aromatic carbocycles.